The maximum atomic E-state index is 13.7. The number of imide groups is 1. The summed E-state index contributed by atoms with van der Waals surface area (Å²) in [5, 5.41) is 0. The monoisotopic (exact) mass is 483 g/mol. The molecular weight excluding hydrogens is 446 g/mol. The Morgan fingerprint density at radius 3 is 2.51 bits per heavy atom. The molecule has 35 heavy (non-hydrogen) atoms. The maximum Gasteiger partial charge on any atom is 0.328 e. The van der Waals surface area contributed by atoms with Crippen LogP contribution in [0.4, 0.5) is 4.79 Å². The zero-order chi connectivity index (χ0) is 25.0. The molecule has 2 aliphatic rings. The number of likely N-dealkylation sites (tertiary alicyclic amines) is 1. The summed E-state index contributed by atoms with van der Waals surface area (Å²) in [6, 6.07) is 11.3. The van der Waals surface area contributed by atoms with E-state index in [-0.39, 0.29) is 18.5 Å². The number of furan rings is 1. The number of ether oxygens (including phenoxy) is 2. The van der Waals surface area contributed by atoms with E-state index in [0.29, 0.717) is 37.7 Å². The van der Waals surface area contributed by atoms with Gasteiger partial charge in [-0.3, -0.25) is 9.69 Å². The number of piperidine rings is 1. The fourth-order valence-corrected chi connectivity index (χ4v) is 5.23. The van der Waals surface area contributed by atoms with Gasteiger partial charge in [-0.2, -0.15) is 0 Å². The molecule has 1 atom stereocenters. The molecule has 8 nitrogen and oxygen atoms in total. The lowest BCUT2D eigenvalue weighted by molar-refractivity contribution is -0.136. The smallest absolute Gasteiger partial charge is 0.328 e. The lowest BCUT2D eigenvalue weighted by atomic mass is 9.85. The van der Waals surface area contributed by atoms with E-state index in [4.69, 9.17) is 13.9 Å². The summed E-state index contributed by atoms with van der Waals surface area (Å²) in [6.45, 7) is 7.69. The number of carbonyl (C=O) groups is 2. The second-order valence-corrected chi connectivity index (χ2v) is 9.68. The van der Waals surface area contributed by atoms with Gasteiger partial charge >= 0.3 is 6.03 Å². The summed E-state index contributed by atoms with van der Waals surface area (Å²) in [5.74, 6) is 2.91. The highest BCUT2D eigenvalue weighted by Crippen LogP contribution is 2.38. The lowest BCUT2D eigenvalue weighted by Gasteiger charge is -2.42. The first kappa shape index (κ1) is 25.3. The molecular formula is C27H37N3O5. The molecule has 1 spiro atoms. The van der Waals surface area contributed by atoms with Gasteiger partial charge in [-0.1, -0.05) is 19.1 Å². The summed E-state index contributed by atoms with van der Waals surface area (Å²) < 4.78 is 16.4. The molecule has 2 aromatic rings. The Morgan fingerprint density at radius 2 is 1.86 bits per heavy atom. The molecule has 1 aromatic carbocycles. The minimum Gasteiger partial charge on any atom is -0.497 e. The third-order valence-corrected chi connectivity index (χ3v) is 7.42. The molecule has 0 bridgehead atoms. The fourth-order valence-electron chi connectivity index (χ4n) is 5.23. The van der Waals surface area contributed by atoms with Gasteiger partial charge in [0.15, 0.2) is 0 Å². The van der Waals surface area contributed by atoms with Crippen molar-refractivity contribution in [3.8, 4) is 5.75 Å². The number of nitrogens with zero attached hydrogens (tertiary/aromatic N) is 3. The minimum absolute atomic E-state index is 0.0968. The van der Waals surface area contributed by atoms with Crippen LogP contribution in [0, 0.1) is 6.92 Å². The predicted molar refractivity (Wildman–Crippen MR) is 132 cm³/mol. The summed E-state index contributed by atoms with van der Waals surface area (Å²) in [5.41, 5.74) is 0.0729. The number of carbonyl (C=O) groups excluding carboxylic acids is 2. The van der Waals surface area contributed by atoms with Gasteiger partial charge in [0.2, 0.25) is 0 Å². The van der Waals surface area contributed by atoms with Crippen molar-refractivity contribution < 1.29 is 23.5 Å². The van der Waals surface area contributed by atoms with Gasteiger partial charge in [0.1, 0.15) is 22.8 Å². The number of amides is 3. The molecule has 190 valence electrons. The zero-order valence-electron chi connectivity index (χ0n) is 21.3. The molecule has 1 aromatic heterocycles. The van der Waals surface area contributed by atoms with Crippen molar-refractivity contribution in [2.24, 2.45) is 0 Å². The van der Waals surface area contributed by atoms with Crippen molar-refractivity contribution >= 4 is 11.9 Å². The number of aryl methyl sites for hydroxylation is 1. The zero-order valence-corrected chi connectivity index (χ0v) is 21.3. The van der Waals surface area contributed by atoms with Crippen LogP contribution in [0.5, 0.6) is 5.75 Å². The van der Waals surface area contributed by atoms with E-state index in [9.17, 15) is 9.59 Å². The summed E-state index contributed by atoms with van der Waals surface area (Å²) in [4.78, 5) is 32.7. The molecule has 4 rings (SSSR count). The second kappa shape index (κ2) is 10.8. The Bertz CT molecular complexity index is 1030. The van der Waals surface area contributed by atoms with Crippen molar-refractivity contribution in [2.45, 2.75) is 51.1 Å². The molecule has 0 radical (unpaired) electrons. The maximum absolute atomic E-state index is 13.7. The van der Waals surface area contributed by atoms with E-state index in [1.807, 2.05) is 37.3 Å². The molecule has 3 amide bonds. The third kappa shape index (κ3) is 5.23. The molecule has 3 heterocycles. The van der Waals surface area contributed by atoms with E-state index in [0.717, 1.165) is 43.1 Å². The topological polar surface area (TPSA) is 75.5 Å². The van der Waals surface area contributed by atoms with E-state index in [2.05, 4.69) is 17.9 Å². The number of hydrogen-bond donors (Lipinski definition) is 0. The van der Waals surface area contributed by atoms with Gasteiger partial charge in [0.25, 0.3) is 5.91 Å². The summed E-state index contributed by atoms with van der Waals surface area (Å²) in [6.07, 6.45) is 2.25. The van der Waals surface area contributed by atoms with Crippen LogP contribution in [0.1, 0.15) is 49.2 Å². The van der Waals surface area contributed by atoms with Gasteiger partial charge in [0, 0.05) is 32.7 Å². The number of hydrogen-bond acceptors (Lipinski definition) is 6. The van der Waals surface area contributed by atoms with Crippen LogP contribution < -0.4 is 4.74 Å². The van der Waals surface area contributed by atoms with Crippen molar-refractivity contribution in [3.63, 3.8) is 0 Å². The first-order chi connectivity index (χ1) is 16.9. The number of benzene rings is 1. The first-order valence-electron chi connectivity index (χ1n) is 12.4. The van der Waals surface area contributed by atoms with Crippen molar-refractivity contribution in [1.82, 2.24) is 14.7 Å². The number of urea groups is 1. The number of methoxy groups -OCH3 is 2. The van der Waals surface area contributed by atoms with Crippen molar-refractivity contribution in [3.05, 3.63) is 53.5 Å². The number of rotatable bonds is 10. The Balaban J connectivity index is 1.43. The van der Waals surface area contributed by atoms with Crippen LogP contribution in [0.25, 0.3) is 0 Å². The molecule has 0 unspecified atom stereocenters. The Labute approximate surface area is 207 Å². The van der Waals surface area contributed by atoms with Crippen LogP contribution >= 0.6 is 0 Å². The average molecular weight is 484 g/mol. The molecule has 0 N–H and O–H groups in total. The quantitative estimate of drug-likeness (QED) is 0.475. The van der Waals surface area contributed by atoms with Gasteiger partial charge in [0.05, 0.1) is 20.3 Å². The van der Waals surface area contributed by atoms with E-state index in [1.54, 1.807) is 19.1 Å². The Hall–Kier alpha value is -2.84. The standard InChI is InChI=1S/C27H37N3O5/c1-20(24-9-8-21(2)35-24)10-13-28-14-11-27(12-15-28)25(31)29(26(32)30(27)16-17-33-3)19-22-6-5-7-23(18-22)34-4/h5-9,18,20H,10-17,19H2,1-4H3/t20-/m1/s1. The van der Waals surface area contributed by atoms with Crippen LogP contribution in [0.2, 0.25) is 0 Å². The van der Waals surface area contributed by atoms with Gasteiger partial charge in [-0.05, 0) is 62.6 Å². The van der Waals surface area contributed by atoms with Crippen molar-refractivity contribution in [1.29, 1.82) is 0 Å². The Morgan fingerprint density at radius 1 is 1.09 bits per heavy atom. The molecule has 0 saturated carbocycles. The molecule has 2 fully saturated rings. The van der Waals surface area contributed by atoms with Gasteiger partial charge in [-0.15, -0.1) is 0 Å². The second-order valence-electron chi connectivity index (χ2n) is 9.68. The SMILES string of the molecule is COCCN1C(=O)N(Cc2cccc(OC)c2)C(=O)C12CCN(CC[C@@H](C)c1ccc(C)o1)CC2. The van der Waals surface area contributed by atoms with Gasteiger partial charge < -0.3 is 23.7 Å². The predicted octanol–water partition coefficient (Wildman–Crippen LogP) is 4.04. The van der Waals surface area contributed by atoms with Crippen LogP contribution in [0.3, 0.4) is 0 Å². The van der Waals surface area contributed by atoms with Crippen LogP contribution in [0.15, 0.2) is 40.8 Å². The van der Waals surface area contributed by atoms with Crippen LogP contribution in [-0.4, -0.2) is 79.2 Å². The highest BCUT2D eigenvalue weighted by molar-refractivity contribution is 6.07. The highest BCUT2D eigenvalue weighted by atomic mass is 16.5. The van der Waals surface area contributed by atoms with E-state index in [1.165, 1.54) is 4.90 Å². The van der Waals surface area contributed by atoms with Crippen molar-refractivity contribution in [2.75, 3.05) is 47.0 Å². The highest BCUT2D eigenvalue weighted by Gasteiger charge is 2.57. The average Bonchev–Trinajstić information content (AvgIpc) is 3.38. The Kier molecular flexibility index (Phi) is 7.82. The molecule has 2 saturated heterocycles. The van der Waals surface area contributed by atoms with E-state index < -0.39 is 5.54 Å². The molecule has 2 aliphatic heterocycles. The summed E-state index contributed by atoms with van der Waals surface area (Å²) in [7, 11) is 3.23. The molecule has 0 aliphatic carbocycles. The van der Waals surface area contributed by atoms with Crippen LogP contribution in [-0.2, 0) is 16.1 Å². The largest absolute Gasteiger partial charge is 0.497 e. The first-order valence-corrected chi connectivity index (χ1v) is 12.4. The fraction of sp³-hybridized carbons (Fsp3) is 0.556. The normalized spacial score (nSPS) is 19.1. The minimum atomic E-state index is -0.797. The van der Waals surface area contributed by atoms with E-state index >= 15 is 0 Å². The molecule has 8 heteroatoms. The van der Waals surface area contributed by atoms with Gasteiger partial charge in [-0.25, -0.2) is 4.79 Å². The lowest BCUT2D eigenvalue weighted by Crippen LogP contribution is -2.57. The third-order valence-electron chi connectivity index (χ3n) is 7.42. The summed E-state index contributed by atoms with van der Waals surface area (Å²) >= 11 is 0.